The highest BCUT2D eigenvalue weighted by atomic mass is 16.5. The fourth-order valence-electron chi connectivity index (χ4n) is 1.83. The van der Waals surface area contributed by atoms with E-state index in [9.17, 15) is 4.79 Å². The first-order valence-corrected chi connectivity index (χ1v) is 5.75. The first-order valence-electron chi connectivity index (χ1n) is 5.75. The van der Waals surface area contributed by atoms with Gasteiger partial charge in [-0.2, -0.15) is 0 Å². The predicted molar refractivity (Wildman–Crippen MR) is 73.9 cm³/mol. The quantitative estimate of drug-likeness (QED) is 0.821. The lowest BCUT2D eigenvalue weighted by Crippen LogP contribution is -2.16. The highest BCUT2D eigenvalue weighted by Gasteiger charge is 2.12. The lowest BCUT2D eigenvalue weighted by atomic mass is 9.97. The molecule has 0 aromatic heterocycles. The van der Waals surface area contributed by atoms with Crippen LogP contribution in [0, 0.1) is 5.41 Å². The smallest absolute Gasteiger partial charge is 0.249 e. The standard InChI is InChI=1S/C15H14N2O2/c1-19-11-8-6-10(7-9-11)14(16)12-4-2-3-5-13(12)15(17)18/h2-9,16H,1H3,(H2,17,18). The molecule has 2 rings (SSSR count). The number of nitrogens with one attached hydrogen (secondary N) is 1. The summed E-state index contributed by atoms with van der Waals surface area (Å²) in [5.74, 6) is 0.189. The van der Waals surface area contributed by atoms with Gasteiger partial charge < -0.3 is 10.5 Å². The Balaban J connectivity index is 2.41. The molecule has 4 nitrogen and oxygen atoms in total. The molecular weight excluding hydrogens is 240 g/mol. The highest BCUT2D eigenvalue weighted by molar-refractivity contribution is 6.16. The molecule has 2 aromatic carbocycles. The van der Waals surface area contributed by atoms with Crippen molar-refractivity contribution in [3.63, 3.8) is 0 Å². The molecule has 0 atom stereocenters. The summed E-state index contributed by atoms with van der Waals surface area (Å²) in [5, 5.41) is 8.18. The van der Waals surface area contributed by atoms with Gasteiger partial charge in [0.25, 0.3) is 0 Å². The Bertz CT molecular complexity index is 618. The molecule has 0 heterocycles. The summed E-state index contributed by atoms with van der Waals surface area (Å²) < 4.78 is 5.07. The topological polar surface area (TPSA) is 76.2 Å². The van der Waals surface area contributed by atoms with Gasteiger partial charge in [0.15, 0.2) is 0 Å². The van der Waals surface area contributed by atoms with E-state index in [1.165, 1.54) is 0 Å². The summed E-state index contributed by atoms with van der Waals surface area (Å²) in [4.78, 5) is 11.4. The number of hydrogen-bond acceptors (Lipinski definition) is 3. The third-order valence-electron chi connectivity index (χ3n) is 2.84. The SMILES string of the molecule is COc1ccc(C(=N)c2ccccc2C(N)=O)cc1. The maximum absolute atomic E-state index is 11.4. The Hall–Kier alpha value is -2.62. The molecule has 0 bridgehead atoms. The molecule has 19 heavy (non-hydrogen) atoms. The van der Waals surface area contributed by atoms with Crippen molar-refractivity contribution in [2.45, 2.75) is 0 Å². The number of rotatable bonds is 4. The molecule has 2 aromatic rings. The zero-order chi connectivity index (χ0) is 13.8. The zero-order valence-corrected chi connectivity index (χ0v) is 10.5. The van der Waals surface area contributed by atoms with Crippen LogP contribution in [-0.4, -0.2) is 18.7 Å². The fraction of sp³-hybridized carbons (Fsp3) is 0.0667. The summed E-state index contributed by atoms with van der Waals surface area (Å²) >= 11 is 0. The van der Waals surface area contributed by atoms with Crippen molar-refractivity contribution in [1.82, 2.24) is 0 Å². The van der Waals surface area contributed by atoms with E-state index in [-0.39, 0.29) is 5.71 Å². The van der Waals surface area contributed by atoms with Gasteiger partial charge in [-0.25, -0.2) is 0 Å². The van der Waals surface area contributed by atoms with E-state index < -0.39 is 5.91 Å². The molecule has 0 aliphatic carbocycles. The zero-order valence-electron chi connectivity index (χ0n) is 10.5. The maximum Gasteiger partial charge on any atom is 0.249 e. The van der Waals surface area contributed by atoms with Gasteiger partial charge in [0.2, 0.25) is 5.91 Å². The number of primary amides is 1. The van der Waals surface area contributed by atoms with E-state index >= 15 is 0 Å². The van der Waals surface area contributed by atoms with Gasteiger partial charge in [-0.05, 0) is 30.3 Å². The summed E-state index contributed by atoms with van der Waals surface area (Å²) in [6.45, 7) is 0. The molecular formula is C15H14N2O2. The number of ether oxygens (including phenoxy) is 1. The van der Waals surface area contributed by atoms with Crippen LogP contribution in [0.25, 0.3) is 0 Å². The Morgan fingerprint density at radius 1 is 1.05 bits per heavy atom. The highest BCUT2D eigenvalue weighted by Crippen LogP contribution is 2.17. The molecule has 0 radical (unpaired) electrons. The largest absolute Gasteiger partial charge is 0.497 e. The number of hydrogen-bond donors (Lipinski definition) is 2. The number of carbonyl (C=O) groups is 1. The molecule has 1 amide bonds. The van der Waals surface area contributed by atoms with E-state index in [0.717, 1.165) is 5.75 Å². The van der Waals surface area contributed by atoms with Crippen LogP contribution in [0.5, 0.6) is 5.75 Å². The Kier molecular flexibility index (Phi) is 3.61. The molecule has 0 spiro atoms. The van der Waals surface area contributed by atoms with Gasteiger partial charge >= 0.3 is 0 Å². The van der Waals surface area contributed by atoms with Crippen molar-refractivity contribution in [3.8, 4) is 5.75 Å². The molecule has 0 aliphatic rings. The van der Waals surface area contributed by atoms with Crippen LogP contribution in [0.1, 0.15) is 21.5 Å². The number of carbonyl (C=O) groups excluding carboxylic acids is 1. The minimum Gasteiger partial charge on any atom is -0.497 e. The fourth-order valence-corrected chi connectivity index (χ4v) is 1.83. The number of nitrogens with two attached hydrogens (primary N) is 1. The van der Waals surface area contributed by atoms with Gasteiger partial charge in [-0.1, -0.05) is 18.2 Å². The molecule has 96 valence electrons. The van der Waals surface area contributed by atoms with Crippen molar-refractivity contribution in [1.29, 1.82) is 5.41 Å². The average Bonchev–Trinajstić information content (AvgIpc) is 2.46. The van der Waals surface area contributed by atoms with Crippen molar-refractivity contribution in [2.24, 2.45) is 5.73 Å². The number of benzene rings is 2. The van der Waals surface area contributed by atoms with Crippen LogP contribution in [-0.2, 0) is 0 Å². The van der Waals surface area contributed by atoms with Gasteiger partial charge in [-0.3, -0.25) is 10.2 Å². The second-order valence-electron chi connectivity index (χ2n) is 4.01. The lowest BCUT2D eigenvalue weighted by molar-refractivity contribution is 0.1000. The molecule has 3 N–H and O–H groups in total. The minimum absolute atomic E-state index is 0.261. The van der Waals surface area contributed by atoms with Crippen LogP contribution >= 0.6 is 0 Å². The van der Waals surface area contributed by atoms with Gasteiger partial charge in [0.1, 0.15) is 5.75 Å². The normalized spacial score (nSPS) is 9.95. The van der Waals surface area contributed by atoms with Gasteiger partial charge in [-0.15, -0.1) is 0 Å². The first-order chi connectivity index (χ1) is 9.13. The predicted octanol–water partition coefficient (Wildman–Crippen LogP) is 2.21. The van der Waals surface area contributed by atoms with E-state index in [0.29, 0.717) is 16.7 Å². The van der Waals surface area contributed by atoms with E-state index in [2.05, 4.69) is 0 Å². The Labute approximate surface area is 111 Å². The minimum atomic E-state index is -0.533. The summed E-state index contributed by atoms with van der Waals surface area (Å²) in [7, 11) is 1.59. The lowest BCUT2D eigenvalue weighted by Gasteiger charge is -2.09. The summed E-state index contributed by atoms with van der Waals surface area (Å²) in [6.07, 6.45) is 0. The van der Waals surface area contributed by atoms with Crippen LogP contribution in [0.3, 0.4) is 0 Å². The molecule has 4 heteroatoms. The molecule has 0 unspecified atom stereocenters. The molecule has 0 saturated carbocycles. The van der Waals surface area contributed by atoms with Crippen LogP contribution < -0.4 is 10.5 Å². The van der Waals surface area contributed by atoms with E-state index in [1.54, 1.807) is 55.6 Å². The number of amides is 1. The van der Waals surface area contributed by atoms with Gasteiger partial charge in [0.05, 0.1) is 12.8 Å². The Morgan fingerprint density at radius 3 is 2.16 bits per heavy atom. The first kappa shape index (κ1) is 12.8. The monoisotopic (exact) mass is 254 g/mol. The van der Waals surface area contributed by atoms with Crippen molar-refractivity contribution in [3.05, 3.63) is 65.2 Å². The maximum atomic E-state index is 11.4. The number of methoxy groups -OCH3 is 1. The Morgan fingerprint density at radius 2 is 1.63 bits per heavy atom. The molecule has 0 saturated heterocycles. The van der Waals surface area contributed by atoms with Gasteiger partial charge in [0, 0.05) is 16.7 Å². The molecule has 0 fully saturated rings. The van der Waals surface area contributed by atoms with Crippen LogP contribution in [0.15, 0.2) is 48.5 Å². The third-order valence-corrected chi connectivity index (χ3v) is 2.84. The summed E-state index contributed by atoms with van der Waals surface area (Å²) in [5.41, 5.74) is 7.16. The van der Waals surface area contributed by atoms with E-state index in [4.69, 9.17) is 15.9 Å². The van der Waals surface area contributed by atoms with Crippen molar-refractivity contribution in [2.75, 3.05) is 7.11 Å². The third kappa shape index (κ3) is 2.63. The molecule has 0 aliphatic heterocycles. The van der Waals surface area contributed by atoms with E-state index in [1.807, 2.05) is 0 Å². The van der Waals surface area contributed by atoms with Crippen molar-refractivity contribution >= 4 is 11.6 Å². The summed E-state index contributed by atoms with van der Waals surface area (Å²) in [6, 6.07) is 13.9. The van der Waals surface area contributed by atoms with Crippen LogP contribution in [0.2, 0.25) is 0 Å². The second-order valence-corrected chi connectivity index (χ2v) is 4.01. The van der Waals surface area contributed by atoms with Crippen LogP contribution in [0.4, 0.5) is 0 Å². The average molecular weight is 254 g/mol. The second kappa shape index (κ2) is 5.35. The van der Waals surface area contributed by atoms with Crippen molar-refractivity contribution < 1.29 is 9.53 Å².